The number of amides is 4. The fourth-order valence-electron chi connectivity index (χ4n) is 2.78. The number of carbonyl (C=O) groups excluding carboxylic acids is 4. The molecule has 0 aromatic heterocycles. The Hall–Kier alpha value is -3.11. The fraction of sp³-hybridized carbons (Fsp3) is 0.684. The summed E-state index contributed by atoms with van der Waals surface area (Å²) >= 11 is 1.39. The molecule has 0 bridgehead atoms. The summed E-state index contributed by atoms with van der Waals surface area (Å²) < 4.78 is 0. The Labute approximate surface area is 207 Å². The van der Waals surface area contributed by atoms with Crippen LogP contribution in [0.15, 0.2) is 4.99 Å². The molecule has 200 valence electrons. The first-order valence-corrected chi connectivity index (χ1v) is 12.1. The van der Waals surface area contributed by atoms with Gasteiger partial charge in [-0.25, -0.2) is 4.79 Å². The lowest BCUT2D eigenvalue weighted by atomic mass is 10.1. The quantitative estimate of drug-likeness (QED) is 0.0505. The number of aliphatic imine (C=N–C) groups is 1. The van der Waals surface area contributed by atoms with Gasteiger partial charge in [-0.1, -0.05) is 0 Å². The van der Waals surface area contributed by atoms with Crippen LogP contribution in [-0.2, 0) is 24.0 Å². The van der Waals surface area contributed by atoms with E-state index in [1.54, 1.807) is 6.26 Å². The predicted molar refractivity (Wildman–Crippen MR) is 130 cm³/mol. The van der Waals surface area contributed by atoms with Gasteiger partial charge in [-0.15, -0.1) is 0 Å². The molecular formula is C19H36N8O7S. The molecule has 0 heterocycles. The van der Waals surface area contributed by atoms with Gasteiger partial charge in [0.05, 0.1) is 18.6 Å². The zero-order valence-electron chi connectivity index (χ0n) is 19.7. The number of carboxylic acid groups (broad SMARTS) is 1. The van der Waals surface area contributed by atoms with E-state index in [1.807, 2.05) is 0 Å². The van der Waals surface area contributed by atoms with Crippen LogP contribution >= 0.6 is 11.8 Å². The number of thioether (sulfide) groups is 1. The highest BCUT2D eigenvalue weighted by atomic mass is 32.2. The summed E-state index contributed by atoms with van der Waals surface area (Å²) in [5, 5.41) is 25.9. The minimum atomic E-state index is -1.59. The van der Waals surface area contributed by atoms with Crippen molar-refractivity contribution in [2.75, 3.05) is 18.6 Å². The third-order valence-electron chi connectivity index (χ3n) is 4.63. The third-order valence-corrected chi connectivity index (χ3v) is 5.27. The van der Waals surface area contributed by atoms with Crippen molar-refractivity contribution >= 4 is 47.3 Å². The number of aliphatic hydroxyl groups excluding tert-OH is 1. The molecule has 0 radical (unpaired) electrons. The smallest absolute Gasteiger partial charge is 0.328 e. The largest absolute Gasteiger partial charge is 0.480 e. The van der Waals surface area contributed by atoms with Crippen LogP contribution in [0.1, 0.15) is 32.6 Å². The number of nitrogens with zero attached hydrogens (tertiary/aromatic N) is 1. The maximum Gasteiger partial charge on any atom is 0.328 e. The van der Waals surface area contributed by atoms with Crippen LogP contribution in [0.3, 0.4) is 0 Å². The van der Waals surface area contributed by atoms with Crippen molar-refractivity contribution in [3.8, 4) is 0 Å². The van der Waals surface area contributed by atoms with E-state index in [4.69, 9.17) is 22.9 Å². The minimum absolute atomic E-state index is 0.0555. The summed E-state index contributed by atoms with van der Waals surface area (Å²) in [6, 6.07) is -5.21. The highest BCUT2D eigenvalue weighted by Gasteiger charge is 2.31. The molecule has 0 fully saturated rings. The number of guanidine groups is 1. The van der Waals surface area contributed by atoms with Crippen LogP contribution in [0.5, 0.6) is 0 Å². The van der Waals surface area contributed by atoms with Crippen LogP contribution in [0.2, 0.25) is 0 Å². The van der Waals surface area contributed by atoms with Crippen LogP contribution in [0, 0.1) is 0 Å². The lowest BCUT2D eigenvalue weighted by Gasteiger charge is -2.25. The lowest BCUT2D eigenvalue weighted by Crippen LogP contribution is -2.58. The molecule has 15 nitrogen and oxygen atoms in total. The number of nitrogens with two attached hydrogens (primary N) is 4. The summed E-state index contributed by atoms with van der Waals surface area (Å²) in [6.07, 6.45) is 0.414. The first kappa shape index (κ1) is 31.9. The summed E-state index contributed by atoms with van der Waals surface area (Å²) in [7, 11) is 0. The molecule has 16 heteroatoms. The number of aliphatic carboxylic acids is 1. The average Bonchev–Trinajstić information content (AvgIpc) is 2.75. The van der Waals surface area contributed by atoms with E-state index in [-0.39, 0.29) is 31.8 Å². The maximum atomic E-state index is 13.0. The Bertz CT molecular complexity index is 776. The van der Waals surface area contributed by atoms with Crippen molar-refractivity contribution in [1.82, 2.24) is 16.0 Å². The van der Waals surface area contributed by atoms with E-state index in [9.17, 15) is 34.2 Å². The number of carboxylic acids is 1. The van der Waals surface area contributed by atoms with Gasteiger partial charge in [-0.05, 0) is 38.2 Å². The summed E-state index contributed by atoms with van der Waals surface area (Å²) in [4.78, 5) is 64.2. The third kappa shape index (κ3) is 13.4. The van der Waals surface area contributed by atoms with Gasteiger partial charge in [0, 0.05) is 6.54 Å². The Kier molecular flexibility index (Phi) is 15.0. The molecule has 0 saturated carbocycles. The van der Waals surface area contributed by atoms with E-state index in [0.29, 0.717) is 5.75 Å². The second kappa shape index (κ2) is 16.5. The molecule has 0 spiro atoms. The highest BCUT2D eigenvalue weighted by Crippen LogP contribution is 2.06. The van der Waals surface area contributed by atoms with Crippen LogP contribution in [-0.4, -0.2) is 94.6 Å². The molecule has 5 atom stereocenters. The van der Waals surface area contributed by atoms with E-state index >= 15 is 0 Å². The second-order valence-electron chi connectivity index (χ2n) is 7.69. The number of primary amides is 1. The first-order chi connectivity index (χ1) is 16.3. The maximum absolute atomic E-state index is 13.0. The number of hydrogen-bond donors (Lipinski definition) is 9. The monoisotopic (exact) mass is 520 g/mol. The van der Waals surface area contributed by atoms with Crippen molar-refractivity contribution in [3.05, 3.63) is 0 Å². The van der Waals surface area contributed by atoms with Gasteiger partial charge < -0.3 is 49.1 Å². The molecule has 0 aliphatic rings. The van der Waals surface area contributed by atoms with Gasteiger partial charge in [0.15, 0.2) is 12.0 Å². The average molecular weight is 521 g/mol. The van der Waals surface area contributed by atoms with Gasteiger partial charge in [0.1, 0.15) is 12.1 Å². The van der Waals surface area contributed by atoms with Crippen molar-refractivity contribution in [1.29, 1.82) is 0 Å². The van der Waals surface area contributed by atoms with Crippen molar-refractivity contribution in [2.24, 2.45) is 27.9 Å². The lowest BCUT2D eigenvalue weighted by molar-refractivity contribution is -0.145. The molecule has 0 aliphatic heterocycles. The molecule has 5 unspecified atom stereocenters. The zero-order valence-corrected chi connectivity index (χ0v) is 20.5. The molecule has 4 amide bonds. The van der Waals surface area contributed by atoms with Gasteiger partial charge in [0.2, 0.25) is 23.6 Å². The first-order valence-electron chi connectivity index (χ1n) is 10.7. The molecule has 0 rings (SSSR count). The SMILES string of the molecule is CSCCC(NC(=O)C(CCCN=C(N)N)NC(=O)C(N)CC(N)=O)C(=O)NC(C(=O)O)C(C)O. The van der Waals surface area contributed by atoms with Crippen molar-refractivity contribution < 1.29 is 34.2 Å². The highest BCUT2D eigenvalue weighted by molar-refractivity contribution is 7.98. The molecule has 0 aromatic rings. The van der Waals surface area contributed by atoms with Crippen LogP contribution in [0.4, 0.5) is 0 Å². The Morgan fingerprint density at radius 2 is 1.49 bits per heavy atom. The molecule has 0 aromatic carbocycles. The molecular weight excluding hydrogens is 484 g/mol. The summed E-state index contributed by atoms with van der Waals surface area (Å²) in [6.45, 7) is 1.35. The van der Waals surface area contributed by atoms with E-state index in [0.717, 1.165) is 0 Å². The van der Waals surface area contributed by atoms with Crippen molar-refractivity contribution in [2.45, 2.75) is 62.9 Å². The number of carbonyl (C=O) groups is 5. The van der Waals surface area contributed by atoms with E-state index in [1.165, 1.54) is 18.7 Å². The number of nitrogens with one attached hydrogen (secondary N) is 3. The molecule has 35 heavy (non-hydrogen) atoms. The minimum Gasteiger partial charge on any atom is -0.480 e. The van der Waals surface area contributed by atoms with Gasteiger partial charge in [-0.3, -0.25) is 24.2 Å². The van der Waals surface area contributed by atoms with Crippen molar-refractivity contribution in [3.63, 3.8) is 0 Å². The summed E-state index contributed by atoms with van der Waals surface area (Å²) in [5.41, 5.74) is 21.2. The molecule has 0 aliphatic carbocycles. The Morgan fingerprint density at radius 1 is 0.943 bits per heavy atom. The Balaban J connectivity index is 5.57. The van der Waals surface area contributed by atoms with Gasteiger partial charge >= 0.3 is 5.97 Å². The number of hydrogen-bond acceptors (Lipinski definition) is 9. The topological polar surface area (TPSA) is 278 Å². The van der Waals surface area contributed by atoms with Gasteiger partial charge in [0.25, 0.3) is 0 Å². The Morgan fingerprint density at radius 3 is 1.97 bits per heavy atom. The second-order valence-corrected chi connectivity index (χ2v) is 8.68. The molecule has 13 N–H and O–H groups in total. The van der Waals surface area contributed by atoms with Gasteiger partial charge in [-0.2, -0.15) is 11.8 Å². The van der Waals surface area contributed by atoms with Crippen LogP contribution < -0.4 is 38.9 Å². The molecule has 0 saturated heterocycles. The fourth-order valence-corrected chi connectivity index (χ4v) is 3.25. The normalized spacial score (nSPS) is 15.0. The van der Waals surface area contributed by atoms with E-state index in [2.05, 4.69) is 20.9 Å². The zero-order chi connectivity index (χ0) is 27.1. The van der Waals surface area contributed by atoms with E-state index < -0.39 is 66.3 Å². The predicted octanol–water partition coefficient (Wildman–Crippen LogP) is -4.08. The number of rotatable bonds is 17. The standard InChI is InChI=1S/C19H36N8O7S/c1-9(28)14(18(33)34)27-17(32)12(5-7-35-2)26-16(31)11(4-3-6-24-19(22)23)25-15(30)10(20)8-13(21)29/h9-12,14,28H,3-8,20H2,1-2H3,(H2,21,29)(H,25,30)(H,26,31)(H,27,32)(H,33,34)(H4,22,23,24). The van der Waals surface area contributed by atoms with Crippen LogP contribution in [0.25, 0.3) is 0 Å². The summed E-state index contributed by atoms with van der Waals surface area (Å²) in [5.74, 6) is -4.35. The number of aliphatic hydroxyl groups is 1.